The van der Waals surface area contributed by atoms with E-state index in [4.69, 9.17) is 22.1 Å². The van der Waals surface area contributed by atoms with Gasteiger partial charge in [-0.2, -0.15) is 0 Å². The Kier molecular flexibility index (Phi) is 5.78. The van der Waals surface area contributed by atoms with Crippen molar-refractivity contribution in [2.24, 2.45) is 0 Å². The number of nitrogens with one attached hydrogen (secondary N) is 1. The first-order chi connectivity index (χ1) is 14.9. The van der Waals surface area contributed by atoms with E-state index in [0.29, 0.717) is 27.7 Å². The Bertz CT molecular complexity index is 1290. The number of pyridine rings is 1. The number of hydrogen-bond donors (Lipinski definition) is 2. The molecule has 0 bridgehead atoms. The van der Waals surface area contributed by atoms with Crippen LogP contribution in [0.5, 0.6) is 5.75 Å². The number of carbonyl (C=O) groups excluding carboxylic acids is 1. The van der Waals surface area contributed by atoms with E-state index in [9.17, 15) is 4.79 Å². The van der Waals surface area contributed by atoms with Crippen LogP contribution < -0.4 is 15.8 Å². The summed E-state index contributed by atoms with van der Waals surface area (Å²) in [6.07, 6.45) is 0. The van der Waals surface area contributed by atoms with Gasteiger partial charge in [-0.1, -0.05) is 35.9 Å². The molecule has 3 N–H and O–H groups in total. The van der Waals surface area contributed by atoms with Crippen LogP contribution in [0.25, 0.3) is 10.9 Å². The standard InChI is InChI=1S/C25H22ClN3O2/c1-15-7-10-24(21(26)11-15)31-14-17-5-3-4-6-19(17)25(30)29-18-8-9-23-20(13-18)22(27)12-16(2)28-23/h3-13H,14H2,1-2H3,(H2,27,28)(H,29,30). The summed E-state index contributed by atoms with van der Waals surface area (Å²) >= 11 is 6.26. The maximum absolute atomic E-state index is 13.0. The third kappa shape index (κ3) is 4.62. The largest absolute Gasteiger partial charge is 0.487 e. The zero-order chi connectivity index (χ0) is 22.0. The van der Waals surface area contributed by atoms with Crippen molar-refractivity contribution in [1.82, 2.24) is 4.98 Å². The Hall–Kier alpha value is -3.57. The van der Waals surface area contributed by atoms with Crippen molar-refractivity contribution >= 4 is 39.8 Å². The maximum atomic E-state index is 13.0. The number of halogens is 1. The van der Waals surface area contributed by atoms with E-state index in [1.807, 2.05) is 74.5 Å². The number of anilines is 2. The number of carbonyl (C=O) groups is 1. The molecular formula is C25H22ClN3O2. The molecule has 4 rings (SSSR count). The molecule has 0 saturated carbocycles. The highest BCUT2D eigenvalue weighted by Gasteiger charge is 2.13. The van der Waals surface area contributed by atoms with Gasteiger partial charge in [-0.3, -0.25) is 9.78 Å². The monoisotopic (exact) mass is 431 g/mol. The van der Waals surface area contributed by atoms with Gasteiger partial charge in [0.2, 0.25) is 0 Å². The number of nitrogens with two attached hydrogens (primary N) is 1. The number of nitrogens with zero attached hydrogens (tertiary/aromatic N) is 1. The van der Waals surface area contributed by atoms with Crippen LogP contribution in [0.1, 0.15) is 27.2 Å². The first kappa shape index (κ1) is 20.7. The van der Waals surface area contributed by atoms with Gasteiger partial charge in [0.05, 0.1) is 10.5 Å². The average Bonchev–Trinajstić information content (AvgIpc) is 2.74. The summed E-state index contributed by atoms with van der Waals surface area (Å²) in [5, 5.41) is 4.29. The number of nitrogen functional groups attached to an aromatic ring is 1. The topological polar surface area (TPSA) is 77.2 Å². The molecule has 0 radical (unpaired) electrons. The highest BCUT2D eigenvalue weighted by atomic mass is 35.5. The van der Waals surface area contributed by atoms with E-state index in [1.165, 1.54) is 0 Å². The van der Waals surface area contributed by atoms with E-state index < -0.39 is 0 Å². The summed E-state index contributed by atoms with van der Waals surface area (Å²) in [5.41, 5.74) is 11.4. The Morgan fingerprint density at radius 2 is 1.87 bits per heavy atom. The lowest BCUT2D eigenvalue weighted by atomic mass is 10.1. The molecule has 156 valence electrons. The summed E-state index contributed by atoms with van der Waals surface area (Å²) in [5.74, 6) is 0.350. The summed E-state index contributed by atoms with van der Waals surface area (Å²) in [7, 11) is 0. The molecule has 0 spiro atoms. The first-order valence-corrected chi connectivity index (χ1v) is 10.2. The Balaban J connectivity index is 1.55. The van der Waals surface area contributed by atoms with Gasteiger partial charge in [-0.15, -0.1) is 0 Å². The fourth-order valence-corrected chi connectivity index (χ4v) is 3.70. The van der Waals surface area contributed by atoms with Gasteiger partial charge in [0, 0.05) is 33.6 Å². The summed E-state index contributed by atoms with van der Waals surface area (Å²) in [6, 6.07) is 20.2. The van der Waals surface area contributed by atoms with Crippen molar-refractivity contribution in [2.75, 3.05) is 11.1 Å². The minimum atomic E-state index is -0.229. The smallest absolute Gasteiger partial charge is 0.256 e. The molecule has 6 heteroatoms. The van der Waals surface area contributed by atoms with E-state index in [-0.39, 0.29) is 12.5 Å². The minimum Gasteiger partial charge on any atom is -0.487 e. The first-order valence-electron chi connectivity index (χ1n) is 9.86. The van der Waals surface area contributed by atoms with Crippen LogP contribution in [0.15, 0.2) is 66.7 Å². The maximum Gasteiger partial charge on any atom is 0.256 e. The number of ether oxygens (including phenoxy) is 1. The molecule has 0 fully saturated rings. The van der Waals surface area contributed by atoms with Gasteiger partial charge in [0.25, 0.3) is 5.91 Å². The molecule has 0 aliphatic rings. The van der Waals surface area contributed by atoms with E-state index >= 15 is 0 Å². The van der Waals surface area contributed by atoms with Gasteiger partial charge in [-0.25, -0.2) is 0 Å². The van der Waals surface area contributed by atoms with Gasteiger partial charge in [-0.05, 0) is 61.9 Å². The van der Waals surface area contributed by atoms with Crippen molar-refractivity contribution in [3.63, 3.8) is 0 Å². The van der Waals surface area contributed by atoms with Gasteiger partial charge in [0.1, 0.15) is 12.4 Å². The molecule has 1 heterocycles. The van der Waals surface area contributed by atoms with E-state index in [1.54, 1.807) is 6.07 Å². The number of aryl methyl sites for hydroxylation is 2. The number of hydrogen-bond acceptors (Lipinski definition) is 4. The molecule has 1 aromatic heterocycles. The molecule has 3 aromatic carbocycles. The lowest BCUT2D eigenvalue weighted by molar-refractivity contribution is 0.102. The molecule has 0 aliphatic heterocycles. The summed E-state index contributed by atoms with van der Waals surface area (Å²) in [4.78, 5) is 17.5. The fourth-order valence-electron chi connectivity index (χ4n) is 3.41. The molecule has 0 saturated heterocycles. The predicted molar refractivity (Wildman–Crippen MR) is 126 cm³/mol. The van der Waals surface area contributed by atoms with Crippen LogP contribution in [0.2, 0.25) is 5.02 Å². The Morgan fingerprint density at radius 1 is 1.06 bits per heavy atom. The van der Waals surface area contributed by atoms with E-state index in [0.717, 1.165) is 27.7 Å². The normalized spacial score (nSPS) is 10.8. The van der Waals surface area contributed by atoms with Crippen molar-refractivity contribution < 1.29 is 9.53 Å². The van der Waals surface area contributed by atoms with Crippen molar-refractivity contribution in [3.8, 4) is 5.75 Å². The molecule has 4 aromatic rings. The van der Waals surface area contributed by atoms with Crippen molar-refractivity contribution in [1.29, 1.82) is 0 Å². The fraction of sp³-hybridized carbons (Fsp3) is 0.120. The summed E-state index contributed by atoms with van der Waals surface area (Å²) < 4.78 is 5.87. The van der Waals surface area contributed by atoms with Gasteiger partial charge >= 0.3 is 0 Å². The average molecular weight is 432 g/mol. The minimum absolute atomic E-state index is 0.222. The third-order valence-corrected chi connectivity index (χ3v) is 5.25. The van der Waals surface area contributed by atoms with Gasteiger partial charge in [0.15, 0.2) is 0 Å². The zero-order valence-corrected chi connectivity index (χ0v) is 18.0. The van der Waals surface area contributed by atoms with Gasteiger partial charge < -0.3 is 15.8 Å². The molecule has 0 aliphatic carbocycles. The Labute approximate surface area is 185 Å². The van der Waals surface area contributed by atoms with Crippen LogP contribution >= 0.6 is 11.6 Å². The Morgan fingerprint density at radius 3 is 2.68 bits per heavy atom. The molecule has 1 amide bonds. The lowest BCUT2D eigenvalue weighted by Crippen LogP contribution is -2.15. The number of benzene rings is 3. The number of aromatic nitrogens is 1. The molecule has 31 heavy (non-hydrogen) atoms. The number of rotatable bonds is 5. The van der Waals surface area contributed by atoms with Crippen LogP contribution in [-0.4, -0.2) is 10.9 Å². The second-order valence-electron chi connectivity index (χ2n) is 7.42. The van der Waals surface area contributed by atoms with E-state index in [2.05, 4.69) is 10.3 Å². The molecule has 5 nitrogen and oxygen atoms in total. The second kappa shape index (κ2) is 8.66. The number of amides is 1. The molecule has 0 unspecified atom stereocenters. The van der Waals surface area contributed by atoms with Crippen LogP contribution in [0.3, 0.4) is 0 Å². The second-order valence-corrected chi connectivity index (χ2v) is 7.83. The van der Waals surface area contributed by atoms with Crippen molar-refractivity contribution in [3.05, 3.63) is 94.1 Å². The van der Waals surface area contributed by atoms with Crippen LogP contribution in [0.4, 0.5) is 11.4 Å². The SMILES string of the molecule is Cc1ccc(OCc2ccccc2C(=O)Nc2ccc3nc(C)cc(N)c3c2)c(Cl)c1. The predicted octanol–water partition coefficient (Wildman–Crippen LogP) is 5.92. The molecule has 0 atom stereocenters. The quantitative estimate of drug-likeness (QED) is 0.411. The van der Waals surface area contributed by atoms with Crippen LogP contribution in [-0.2, 0) is 6.61 Å². The summed E-state index contributed by atoms with van der Waals surface area (Å²) in [6.45, 7) is 4.08. The van der Waals surface area contributed by atoms with Crippen molar-refractivity contribution in [2.45, 2.75) is 20.5 Å². The molecular weight excluding hydrogens is 410 g/mol. The number of fused-ring (bicyclic) bond motifs is 1. The highest BCUT2D eigenvalue weighted by molar-refractivity contribution is 6.32. The lowest BCUT2D eigenvalue weighted by Gasteiger charge is -2.13. The zero-order valence-electron chi connectivity index (χ0n) is 17.3. The third-order valence-electron chi connectivity index (χ3n) is 4.96. The van der Waals surface area contributed by atoms with Crippen LogP contribution in [0, 0.1) is 13.8 Å². The highest BCUT2D eigenvalue weighted by Crippen LogP contribution is 2.27.